The number of rotatable bonds is 15. The van der Waals surface area contributed by atoms with E-state index in [-0.39, 0.29) is 0 Å². The minimum atomic E-state index is -0.500. The molecule has 0 aliphatic carbocycles. The minimum Gasteiger partial charge on any atom is -0.423 e. The first-order valence-corrected chi connectivity index (χ1v) is 20.1. The number of nitrogens with zero attached hydrogens (tertiary/aromatic N) is 2. The predicted octanol–water partition coefficient (Wildman–Crippen LogP) is 14.4. The fourth-order valence-electron chi connectivity index (χ4n) is 6.73. The number of aryl methyl sites for hydroxylation is 2. The van der Waals surface area contributed by atoms with Crippen LogP contribution < -0.4 is 19.3 Å². The number of esters is 2. The Bertz CT molecular complexity index is 2750. The van der Waals surface area contributed by atoms with E-state index in [1.807, 2.05) is 42.5 Å². The van der Waals surface area contributed by atoms with E-state index >= 15 is 0 Å². The van der Waals surface area contributed by atoms with Crippen LogP contribution >= 0.6 is 0 Å². The molecule has 0 unspecified atom stereocenters. The van der Waals surface area contributed by atoms with Crippen molar-refractivity contribution < 1.29 is 19.1 Å². The summed E-state index contributed by atoms with van der Waals surface area (Å²) in [5.74, 6) is -0.0862. The summed E-state index contributed by atoms with van der Waals surface area (Å²) in [5.41, 5.74) is 13.6. The normalized spacial score (nSPS) is 10.9. The first-order valence-electron chi connectivity index (χ1n) is 20.1. The Labute approximate surface area is 364 Å². The lowest BCUT2D eigenvalue weighted by Crippen LogP contribution is -2.10. The minimum absolute atomic E-state index is 0.449. The number of ether oxygens (including phenoxy) is 2. The van der Waals surface area contributed by atoms with E-state index in [0.29, 0.717) is 11.5 Å². The Hall–Kier alpha value is -8.22. The summed E-state index contributed by atoms with van der Waals surface area (Å²) in [7, 11) is 0. The van der Waals surface area contributed by atoms with Crippen molar-refractivity contribution >= 4 is 76.4 Å². The Balaban J connectivity index is 1.03. The van der Waals surface area contributed by atoms with Crippen molar-refractivity contribution in [1.82, 2.24) is 0 Å². The van der Waals surface area contributed by atoms with Gasteiger partial charge in [-0.2, -0.15) is 0 Å². The van der Waals surface area contributed by atoms with Crippen LogP contribution in [0.5, 0.6) is 11.5 Å². The maximum atomic E-state index is 11.7. The van der Waals surface area contributed by atoms with E-state index in [9.17, 15) is 9.59 Å². The molecule has 6 nitrogen and oxygen atoms in total. The maximum Gasteiger partial charge on any atom is 0.335 e. The van der Waals surface area contributed by atoms with Crippen LogP contribution in [0.25, 0.3) is 30.4 Å². The molecule has 7 aromatic rings. The molecule has 0 radical (unpaired) electrons. The molecule has 7 aromatic carbocycles. The molecular weight excluding hydrogens is 765 g/mol. The molecule has 0 N–H and O–H groups in total. The molecule has 0 amide bonds. The topological polar surface area (TPSA) is 59.1 Å². The summed E-state index contributed by atoms with van der Waals surface area (Å²) in [6.07, 6.45) is 12.6. The monoisotopic (exact) mass is 810 g/mol. The van der Waals surface area contributed by atoms with Gasteiger partial charge in [-0.1, -0.05) is 117 Å². The van der Waals surface area contributed by atoms with Crippen molar-refractivity contribution in [2.75, 3.05) is 9.80 Å². The zero-order chi connectivity index (χ0) is 43.4. The number of carbonyl (C=O) groups is 2. The van der Waals surface area contributed by atoms with Gasteiger partial charge in [-0.3, -0.25) is 0 Å². The Morgan fingerprint density at radius 3 is 1.00 bits per heavy atom. The van der Waals surface area contributed by atoms with E-state index in [1.54, 1.807) is 24.3 Å². The Morgan fingerprint density at radius 1 is 0.387 bits per heavy atom. The van der Waals surface area contributed by atoms with E-state index in [0.717, 1.165) is 74.1 Å². The van der Waals surface area contributed by atoms with Crippen LogP contribution in [-0.4, -0.2) is 11.9 Å². The molecule has 0 atom stereocenters. The molecule has 304 valence electrons. The highest BCUT2D eigenvalue weighted by molar-refractivity contribution is 5.85. The molecule has 62 heavy (non-hydrogen) atoms. The fraction of sp³-hybridized carbons (Fsp3) is 0.0357. The highest BCUT2D eigenvalue weighted by atomic mass is 16.5. The molecule has 7 rings (SSSR count). The first-order chi connectivity index (χ1) is 30.2. The second-order valence-corrected chi connectivity index (χ2v) is 14.5. The zero-order valence-corrected chi connectivity index (χ0v) is 34.8. The molecule has 6 heteroatoms. The third kappa shape index (κ3) is 10.5. The largest absolute Gasteiger partial charge is 0.423 e. The highest BCUT2D eigenvalue weighted by Gasteiger charge is 2.15. The zero-order valence-electron chi connectivity index (χ0n) is 34.8. The van der Waals surface area contributed by atoms with Gasteiger partial charge in [-0.15, -0.1) is 0 Å². The molecule has 0 spiro atoms. The van der Waals surface area contributed by atoms with Crippen LogP contribution in [0.3, 0.4) is 0 Å². The molecule has 0 aliphatic rings. The molecule has 0 aliphatic heterocycles. The van der Waals surface area contributed by atoms with Crippen molar-refractivity contribution in [1.29, 1.82) is 0 Å². The summed E-state index contributed by atoms with van der Waals surface area (Å²) in [4.78, 5) is 27.8. The Morgan fingerprint density at radius 2 is 0.677 bits per heavy atom. The van der Waals surface area contributed by atoms with Gasteiger partial charge in [0.2, 0.25) is 0 Å². The third-order valence-electron chi connectivity index (χ3n) is 10.3. The van der Waals surface area contributed by atoms with Gasteiger partial charge in [-0.05, 0) is 150 Å². The molecule has 0 heterocycles. The number of hydrogen-bond donors (Lipinski definition) is 0. The van der Waals surface area contributed by atoms with Gasteiger partial charge in [0.1, 0.15) is 11.5 Å². The van der Waals surface area contributed by atoms with E-state index in [1.165, 1.54) is 11.1 Å². The summed E-state index contributed by atoms with van der Waals surface area (Å²) in [6, 6.07) is 54.8. The summed E-state index contributed by atoms with van der Waals surface area (Å²) >= 11 is 0. The van der Waals surface area contributed by atoms with E-state index in [2.05, 4.69) is 171 Å². The van der Waals surface area contributed by atoms with E-state index in [4.69, 9.17) is 9.47 Å². The average molecular weight is 811 g/mol. The molecule has 0 saturated heterocycles. The second-order valence-electron chi connectivity index (χ2n) is 14.5. The van der Waals surface area contributed by atoms with Crippen LogP contribution in [0.2, 0.25) is 0 Å². The fourth-order valence-corrected chi connectivity index (χ4v) is 6.73. The van der Waals surface area contributed by atoms with Crippen LogP contribution in [0.1, 0.15) is 38.9 Å². The van der Waals surface area contributed by atoms with Gasteiger partial charge >= 0.3 is 11.9 Å². The van der Waals surface area contributed by atoms with Crippen molar-refractivity contribution in [2.24, 2.45) is 0 Å². The molecular formula is C56H46N2O4. The molecule has 0 aromatic heterocycles. The predicted molar refractivity (Wildman–Crippen MR) is 258 cm³/mol. The van der Waals surface area contributed by atoms with Gasteiger partial charge < -0.3 is 19.3 Å². The highest BCUT2D eigenvalue weighted by Crippen LogP contribution is 2.38. The van der Waals surface area contributed by atoms with Crippen molar-refractivity contribution in [3.63, 3.8) is 0 Å². The number of anilines is 6. The van der Waals surface area contributed by atoms with Gasteiger partial charge in [0.25, 0.3) is 0 Å². The van der Waals surface area contributed by atoms with Gasteiger partial charge in [0.05, 0.1) is 0 Å². The third-order valence-corrected chi connectivity index (χ3v) is 10.3. The van der Waals surface area contributed by atoms with E-state index < -0.39 is 11.9 Å². The van der Waals surface area contributed by atoms with Crippen LogP contribution in [0.4, 0.5) is 34.1 Å². The number of benzene rings is 7. The van der Waals surface area contributed by atoms with Crippen molar-refractivity contribution in [3.8, 4) is 11.5 Å². The van der Waals surface area contributed by atoms with Gasteiger partial charge in [-0.25, -0.2) is 9.59 Å². The SMILES string of the molecule is C=CC(=O)Oc1ccc(N(c2ccc(C=C)cc2)c2ccc(/C=C/c3ccc(/C=C/c4ccc(N(c5ccc(OC(=O)C=C)cc5)c5ccc(C)c(C)c5)cc4)cc3)cc2)cc1. The lowest BCUT2D eigenvalue weighted by Gasteiger charge is -2.26. The summed E-state index contributed by atoms with van der Waals surface area (Å²) in [6.45, 7) is 15.1. The molecule has 0 saturated carbocycles. The van der Waals surface area contributed by atoms with Crippen molar-refractivity contribution in [2.45, 2.75) is 13.8 Å². The quantitative estimate of drug-likeness (QED) is 0.0445. The van der Waals surface area contributed by atoms with Gasteiger partial charge in [0, 0.05) is 46.3 Å². The smallest absolute Gasteiger partial charge is 0.335 e. The van der Waals surface area contributed by atoms with Crippen molar-refractivity contribution in [3.05, 3.63) is 235 Å². The van der Waals surface area contributed by atoms with Crippen LogP contribution in [0, 0.1) is 13.8 Å². The van der Waals surface area contributed by atoms with Crippen LogP contribution in [-0.2, 0) is 9.59 Å². The molecule has 0 fully saturated rings. The summed E-state index contributed by atoms with van der Waals surface area (Å²) < 4.78 is 10.6. The Kier molecular flexibility index (Phi) is 13.3. The lowest BCUT2D eigenvalue weighted by molar-refractivity contribution is -0.129. The average Bonchev–Trinajstić information content (AvgIpc) is 3.31. The number of carbonyl (C=O) groups excluding carboxylic acids is 2. The second kappa shape index (κ2) is 19.7. The lowest BCUT2D eigenvalue weighted by atomic mass is 10.1. The molecule has 0 bridgehead atoms. The standard InChI is InChI=1S/C56H46N2O4/c1-6-42-18-25-47(26-19-42)57(50-31-35-53(36-32-50)61-55(59)7-2)48-27-20-45(21-28-48)16-14-43-10-12-44(13-11-43)15-17-46-22-29-49(30-23-46)58(52-24-9-40(4)41(5)39-52)51-33-37-54(38-34-51)62-56(60)8-3/h6-39H,1-3H2,4-5H3/b16-14+,17-15+. The van der Waals surface area contributed by atoms with Gasteiger partial charge in [0.15, 0.2) is 0 Å². The number of hydrogen-bond acceptors (Lipinski definition) is 6. The summed E-state index contributed by atoms with van der Waals surface area (Å²) in [5, 5.41) is 0. The van der Waals surface area contributed by atoms with Crippen LogP contribution in [0.15, 0.2) is 196 Å². The maximum absolute atomic E-state index is 11.7. The first kappa shape index (κ1) is 41.9.